The Bertz CT molecular complexity index is 368. The van der Waals surface area contributed by atoms with Crippen LogP contribution in [0.5, 0.6) is 0 Å². The van der Waals surface area contributed by atoms with E-state index in [0.717, 1.165) is 19.4 Å². The van der Waals surface area contributed by atoms with Gasteiger partial charge in [0.25, 0.3) is 0 Å². The molecule has 1 aromatic heterocycles. The zero-order chi connectivity index (χ0) is 11.5. The van der Waals surface area contributed by atoms with Crippen LogP contribution in [0.1, 0.15) is 29.0 Å². The van der Waals surface area contributed by atoms with Gasteiger partial charge in [0.2, 0.25) is 0 Å². The summed E-state index contributed by atoms with van der Waals surface area (Å²) in [5.41, 5.74) is 0.177. The van der Waals surface area contributed by atoms with Crippen LogP contribution in [-0.4, -0.2) is 28.8 Å². The van der Waals surface area contributed by atoms with Crippen LogP contribution in [0.2, 0.25) is 0 Å². The Labute approximate surface area is 93.1 Å². The van der Waals surface area contributed by atoms with Crippen LogP contribution >= 0.6 is 0 Å². The Hall–Kier alpha value is -1.33. The molecule has 16 heavy (non-hydrogen) atoms. The van der Waals surface area contributed by atoms with Crippen molar-refractivity contribution in [2.24, 2.45) is 5.92 Å². The number of aliphatic hydroxyl groups excluding tert-OH is 1. The molecule has 2 rings (SSSR count). The minimum Gasteiger partial charge on any atom is -0.478 e. The molecular formula is C11H15NO4. The van der Waals surface area contributed by atoms with Crippen molar-refractivity contribution >= 4 is 5.97 Å². The zero-order valence-corrected chi connectivity index (χ0v) is 8.85. The number of furan rings is 1. The highest BCUT2D eigenvalue weighted by atomic mass is 16.4. The number of aliphatic hydroxyl groups is 1. The maximum atomic E-state index is 10.6. The lowest BCUT2D eigenvalue weighted by molar-refractivity contribution is 0.0428. The molecule has 0 bridgehead atoms. The number of carbonyl (C=O) groups is 1. The lowest BCUT2D eigenvalue weighted by atomic mass is 9.82. The number of aromatic carboxylic acids is 1. The number of hydrogen-bond acceptors (Lipinski definition) is 4. The van der Waals surface area contributed by atoms with Crippen LogP contribution in [0, 0.1) is 5.92 Å². The van der Waals surface area contributed by atoms with Gasteiger partial charge in [0.15, 0.2) is 0 Å². The smallest absolute Gasteiger partial charge is 0.338 e. The molecule has 1 aromatic rings. The Morgan fingerprint density at radius 2 is 2.31 bits per heavy atom. The Morgan fingerprint density at radius 3 is 2.88 bits per heavy atom. The molecule has 1 aliphatic carbocycles. The van der Waals surface area contributed by atoms with E-state index >= 15 is 0 Å². The summed E-state index contributed by atoms with van der Waals surface area (Å²) in [6.07, 6.45) is 2.82. The molecule has 3 N–H and O–H groups in total. The van der Waals surface area contributed by atoms with E-state index in [1.165, 1.54) is 12.3 Å². The normalized spacial score (nSPS) is 24.1. The quantitative estimate of drug-likeness (QED) is 0.691. The molecule has 5 nitrogen and oxygen atoms in total. The molecule has 1 fully saturated rings. The van der Waals surface area contributed by atoms with Crippen molar-refractivity contribution in [3.05, 3.63) is 23.7 Å². The van der Waals surface area contributed by atoms with Crippen molar-refractivity contribution in [2.75, 3.05) is 6.54 Å². The molecule has 0 amide bonds. The van der Waals surface area contributed by atoms with Gasteiger partial charge in [-0.3, -0.25) is 0 Å². The van der Waals surface area contributed by atoms with E-state index in [-0.39, 0.29) is 11.7 Å². The summed E-state index contributed by atoms with van der Waals surface area (Å²) in [6, 6.07) is 1.52. The van der Waals surface area contributed by atoms with Gasteiger partial charge < -0.3 is 19.9 Å². The van der Waals surface area contributed by atoms with Crippen LogP contribution in [0.3, 0.4) is 0 Å². The van der Waals surface area contributed by atoms with Crippen molar-refractivity contribution in [1.29, 1.82) is 0 Å². The molecule has 0 aromatic carbocycles. The molecule has 1 heterocycles. The third-order valence-electron chi connectivity index (χ3n) is 2.84. The largest absolute Gasteiger partial charge is 0.478 e. The van der Waals surface area contributed by atoms with E-state index in [1.807, 2.05) is 0 Å². The first-order chi connectivity index (χ1) is 7.65. The maximum absolute atomic E-state index is 10.6. The van der Waals surface area contributed by atoms with E-state index in [9.17, 15) is 4.79 Å². The monoisotopic (exact) mass is 225 g/mol. The highest BCUT2D eigenvalue weighted by Crippen LogP contribution is 2.26. The number of nitrogens with one attached hydrogen (secondary N) is 1. The molecule has 0 radical (unpaired) electrons. The third kappa shape index (κ3) is 2.62. The van der Waals surface area contributed by atoms with Gasteiger partial charge in [0.1, 0.15) is 12.0 Å². The molecular weight excluding hydrogens is 210 g/mol. The molecule has 88 valence electrons. The second-order valence-electron chi connectivity index (χ2n) is 4.23. The van der Waals surface area contributed by atoms with E-state index in [4.69, 9.17) is 14.6 Å². The third-order valence-corrected chi connectivity index (χ3v) is 2.84. The summed E-state index contributed by atoms with van der Waals surface area (Å²) in [6.45, 7) is 1.36. The van der Waals surface area contributed by atoms with Crippen molar-refractivity contribution in [1.82, 2.24) is 5.32 Å². The summed E-state index contributed by atoms with van der Waals surface area (Å²) in [4.78, 5) is 10.6. The van der Waals surface area contributed by atoms with Gasteiger partial charge in [0.05, 0.1) is 18.2 Å². The van der Waals surface area contributed by atoms with E-state index in [0.29, 0.717) is 18.2 Å². The Kier molecular flexibility index (Phi) is 3.26. The topological polar surface area (TPSA) is 82.7 Å². The average molecular weight is 225 g/mol. The summed E-state index contributed by atoms with van der Waals surface area (Å²) < 4.78 is 5.09. The molecule has 1 saturated carbocycles. The number of carboxylic acid groups (broad SMARTS) is 1. The summed E-state index contributed by atoms with van der Waals surface area (Å²) in [7, 11) is 0. The first-order valence-corrected chi connectivity index (χ1v) is 5.34. The van der Waals surface area contributed by atoms with Gasteiger partial charge in [-0.2, -0.15) is 0 Å². The zero-order valence-electron chi connectivity index (χ0n) is 8.85. The van der Waals surface area contributed by atoms with Crippen LogP contribution in [0.15, 0.2) is 16.7 Å². The lowest BCUT2D eigenvalue weighted by Crippen LogP contribution is -2.35. The fourth-order valence-corrected chi connectivity index (χ4v) is 1.85. The van der Waals surface area contributed by atoms with E-state index in [1.54, 1.807) is 0 Å². The molecule has 0 saturated heterocycles. The van der Waals surface area contributed by atoms with Crippen LogP contribution in [-0.2, 0) is 6.54 Å². The minimum atomic E-state index is -0.975. The molecule has 0 atom stereocenters. The first kappa shape index (κ1) is 11.2. The molecule has 1 aliphatic rings. The number of hydrogen-bond donors (Lipinski definition) is 3. The maximum Gasteiger partial charge on any atom is 0.338 e. The molecule has 0 unspecified atom stereocenters. The van der Waals surface area contributed by atoms with E-state index in [2.05, 4.69) is 5.32 Å². The van der Waals surface area contributed by atoms with Gasteiger partial charge in [0, 0.05) is 0 Å². The highest BCUT2D eigenvalue weighted by Gasteiger charge is 2.26. The van der Waals surface area contributed by atoms with Crippen molar-refractivity contribution in [2.45, 2.75) is 25.5 Å². The summed E-state index contributed by atoms with van der Waals surface area (Å²) in [5, 5.41) is 20.9. The fourth-order valence-electron chi connectivity index (χ4n) is 1.85. The SMILES string of the molecule is O=C(O)c1coc(CNCC2CC(O)C2)c1. The Balaban J connectivity index is 1.70. The second-order valence-corrected chi connectivity index (χ2v) is 4.23. The summed E-state index contributed by atoms with van der Waals surface area (Å²) >= 11 is 0. The average Bonchev–Trinajstić information content (AvgIpc) is 2.63. The fraction of sp³-hybridized carbons (Fsp3) is 0.545. The predicted molar refractivity (Wildman–Crippen MR) is 56.1 cm³/mol. The number of rotatable bonds is 5. The van der Waals surface area contributed by atoms with Crippen LogP contribution < -0.4 is 5.32 Å². The van der Waals surface area contributed by atoms with Gasteiger partial charge in [-0.25, -0.2) is 4.79 Å². The minimum absolute atomic E-state index is 0.131. The van der Waals surface area contributed by atoms with Crippen LogP contribution in [0.4, 0.5) is 0 Å². The van der Waals surface area contributed by atoms with Crippen molar-refractivity contribution in [3.8, 4) is 0 Å². The van der Waals surface area contributed by atoms with Gasteiger partial charge in [-0.05, 0) is 31.4 Å². The van der Waals surface area contributed by atoms with Crippen molar-refractivity contribution < 1.29 is 19.4 Å². The molecule has 0 aliphatic heterocycles. The number of carboxylic acids is 1. The second kappa shape index (κ2) is 4.67. The highest BCUT2D eigenvalue weighted by molar-refractivity contribution is 5.87. The van der Waals surface area contributed by atoms with Crippen molar-refractivity contribution in [3.63, 3.8) is 0 Å². The first-order valence-electron chi connectivity index (χ1n) is 5.34. The molecule has 5 heteroatoms. The molecule has 0 spiro atoms. The van der Waals surface area contributed by atoms with Gasteiger partial charge in [-0.1, -0.05) is 0 Å². The van der Waals surface area contributed by atoms with Crippen LogP contribution in [0.25, 0.3) is 0 Å². The predicted octanol–water partition coefficient (Wildman–Crippen LogP) is 0.838. The van der Waals surface area contributed by atoms with E-state index < -0.39 is 5.97 Å². The lowest BCUT2D eigenvalue weighted by Gasteiger charge is -2.31. The van der Waals surface area contributed by atoms with Gasteiger partial charge in [-0.15, -0.1) is 0 Å². The van der Waals surface area contributed by atoms with Gasteiger partial charge >= 0.3 is 5.97 Å². The summed E-state index contributed by atoms with van der Waals surface area (Å²) in [5.74, 6) is 0.179. The Morgan fingerprint density at radius 1 is 1.56 bits per heavy atom. The standard InChI is InChI=1S/C11H15NO4/c13-9-1-7(2-9)4-12-5-10-3-8(6-16-10)11(14)15/h3,6-7,9,12-13H,1-2,4-5H2,(H,14,15).